The molecule has 3 heteroatoms. The van der Waals surface area contributed by atoms with E-state index in [0.717, 1.165) is 0 Å². The first kappa shape index (κ1) is 25.6. The van der Waals surface area contributed by atoms with Crippen molar-refractivity contribution in [3.05, 3.63) is 26.3 Å². The fourth-order valence-electron chi connectivity index (χ4n) is 0. The van der Waals surface area contributed by atoms with E-state index in [0.29, 0.717) is 0 Å². The summed E-state index contributed by atoms with van der Waals surface area (Å²) < 4.78 is 0. The first-order chi connectivity index (χ1) is 1.91. The summed E-state index contributed by atoms with van der Waals surface area (Å²) >= 11 is 0. The molecule has 2 N–H and O–H groups in total. The minimum atomic E-state index is 0. The summed E-state index contributed by atoms with van der Waals surface area (Å²) in [6, 6.07) is 0. The topological polar surface area (TPSA) is 47.6 Å². The van der Waals surface area contributed by atoms with Crippen LogP contribution in [0, 0.1) is 14.9 Å². The molecule has 0 bridgehead atoms. The van der Waals surface area contributed by atoms with Crippen molar-refractivity contribution in [2.75, 3.05) is 13.1 Å². The molecule has 0 saturated carbocycles. The van der Waals surface area contributed by atoms with Crippen LogP contribution < -0.4 is 0 Å². The van der Waals surface area contributed by atoms with Gasteiger partial charge in [-0.1, -0.05) is 0 Å². The van der Waals surface area contributed by atoms with Crippen LogP contribution in [-0.4, -0.2) is 13.1 Å². The molecule has 52 valence electrons. The Morgan fingerprint density at radius 1 is 0.857 bits per heavy atom. The van der Waals surface area contributed by atoms with Gasteiger partial charge in [-0.15, -0.1) is 0 Å². The van der Waals surface area contributed by atoms with Crippen molar-refractivity contribution < 1.29 is 20.4 Å². The second kappa shape index (κ2) is 30.8. The average molecular weight is 195 g/mol. The summed E-state index contributed by atoms with van der Waals surface area (Å²) in [6.45, 7) is 0.472. The number of hydrogen-bond acceptors (Lipinski definition) is 0. The van der Waals surface area contributed by atoms with Gasteiger partial charge in [-0.3, -0.25) is 0 Å². The van der Waals surface area contributed by atoms with Crippen LogP contribution in [0.15, 0.2) is 0 Å². The van der Waals surface area contributed by atoms with Gasteiger partial charge in [0.2, 0.25) is 0 Å². The monoisotopic (exact) mass is 194 g/mol. The molecule has 0 spiro atoms. The molecule has 0 rings (SSSR count). The Bertz CT molecular complexity index is 11.7. The van der Waals surface area contributed by atoms with E-state index in [4.69, 9.17) is 11.5 Å². The number of rotatable bonds is 1. The van der Waals surface area contributed by atoms with Gasteiger partial charge >= 0.3 is 0 Å². The van der Waals surface area contributed by atoms with Gasteiger partial charge in [-0.25, -0.2) is 0 Å². The van der Waals surface area contributed by atoms with Gasteiger partial charge in [-0.2, -0.15) is 13.1 Å². The molecule has 0 unspecified atom stereocenters. The molecular weight excluding hydrogens is 182 g/mol. The van der Waals surface area contributed by atoms with Crippen molar-refractivity contribution in [2.45, 2.75) is 0 Å². The zero-order valence-electron chi connectivity index (χ0n) is 4.73. The number of hydrogen-bond donors (Lipinski definition) is 0. The van der Waals surface area contributed by atoms with Gasteiger partial charge in [0.1, 0.15) is 0 Å². The summed E-state index contributed by atoms with van der Waals surface area (Å²) in [6.07, 6.45) is 0. The van der Waals surface area contributed by atoms with E-state index in [-0.39, 0.29) is 48.4 Å². The van der Waals surface area contributed by atoms with Crippen molar-refractivity contribution in [2.24, 2.45) is 0 Å². The fraction of sp³-hybridized carbons (Fsp3) is 0.500. The first-order valence-electron chi connectivity index (χ1n) is 1.21. The van der Waals surface area contributed by atoms with E-state index in [1.807, 2.05) is 0 Å². The van der Waals surface area contributed by atoms with Crippen LogP contribution in [0.3, 0.4) is 0 Å². The van der Waals surface area contributed by atoms with Crippen LogP contribution in [0.25, 0.3) is 11.5 Å². The van der Waals surface area contributed by atoms with Gasteiger partial charge in [0, 0.05) is 20.4 Å². The van der Waals surface area contributed by atoms with Gasteiger partial charge in [-0.05, 0) is 0 Å². The van der Waals surface area contributed by atoms with E-state index < -0.39 is 0 Å². The maximum atomic E-state index is 6.26. The third-order valence-corrected chi connectivity index (χ3v) is 0.125. The smallest absolute Gasteiger partial charge is 0 e. The molecule has 0 heterocycles. The molecule has 0 aromatic carbocycles. The van der Waals surface area contributed by atoms with Gasteiger partial charge < -0.3 is 26.3 Å². The molecule has 7 heavy (non-hydrogen) atoms. The summed E-state index contributed by atoms with van der Waals surface area (Å²) in [5.74, 6) is 0. The molecule has 0 aromatic heterocycles. The Labute approximate surface area is 60.3 Å². The summed E-state index contributed by atoms with van der Waals surface area (Å²) in [5, 5.41) is 0. The van der Waals surface area contributed by atoms with Crippen molar-refractivity contribution in [3.63, 3.8) is 0 Å². The van der Waals surface area contributed by atoms with Crippen molar-refractivity contribution >= 4 is 0 Å². The molecule has 0 fully saturated rings. The van der Waals surface area contributed by atoms with E-state index in [9.17, 15) is 0 Å². The summed E-state index contributed by atoms with van der Waals surface area (Å²) in [5.41, 5.74) is 12.5. The molecule has 0 aliphatic carbocycles. The second-order valence-electron chi connectivity index (χ2n) is 0.500. The average Bonchev–Trinajstić information content (AvgIpc) is 1.37. The normalized spacial score (nSPS) is 4.29. The van der Waals surface area contributed by atoms with Crippen LogP contribution in [0.1, 0.15) is 0 Å². The fourth-order valence-corrected chi connectivity index (χ4v) is 0. The Morgan fingerprint density at radius 3 is 1.00 bits per heavy atom. The van der Waals surface area contributed by atoms with Gasteiger partial charge in [0.25, 0.3) is 0 Å². The number of nitrogens with one attached hydrogen (secondary N) is 2. The Morgan fingerprint density at radius 2 is 1.00 bits per heavy atom. The maximum Gasteiger partial charge on any atom is 0 e. The van der Waals surface area contributed by atoms with E-state index in [2.05, 4.69) is 0 Å². The van der Waals surface area contributed by atoms with Crippen LogP contribution in [0.2, 0.25) is 0 Å². The van der Waals surface area contributed by atoms with E-state index >= 15 is 0 Å². The van der Waals surface area contributed by atoms with Crippen molar-refractivity contribution in [3.8, 4) is 0 Å². The zero-order valence-corrected chi connectivity index (χ0v) is 6.29. The molecule has 0 aromatic rings. The molecule has 0 amide bonds. The van der Waals surface area contributed by atoms with Gasteiger partial charge in [0.05, 0.1) is 0 Å². The van der Waals surface area contributed by atoms with Crippen LogP contribution in [-0.2, 0) is 20.4 Å². The third-order valence-electron chi connectivity index (χ3n) is 0.125. The SMILES string of the molecule is [CH3-].[CH3-].[NH-]CC[NH-].[Pd]. The Kier molecular flexibility index (Phi) is 112. The molecule has 2 nitrogen and oxygen atoms in total. The van der Waals surface area contributed by atoms with Crippen LogP contribution in [0.5, 0.6) is 0 Å². The van der Waals surface area contributed by atoms with E-state index in [1.165, 1.54) is 0 Å². The van der Waals surface area contributed by atoms with Crippen molar-refractivity contribution in [1.29, 1.82) is 0 Å². The summed E-state index contributed by atoms with van der Waals surface area (Å²) in [7, 11) is 0. The van der Waals surface area contributed by atoms with Crippen molar-refractivity contribution in [1.82, 2.24) is 0 Å². The predicted octanol–water partition coefficient (Wildman–Crippen LogP) is 1.99. The molecule has 0 saturated heterocycles. The quantitative estimate of drug-likeness (QED) is 0.453. The predicted molar refractivity (Wildman–Crippen MR) is 31.2 cm³/mol. The molecule has 0 aliphatic rings. The molecular formula is C4H12N2Pd-4. The van der Waals surface area contributed by atoms with Crippen LogP contribution >= 0.6 is 0 Å². The van der Waals surface area contributed by atoms with E-state index in [1.54, 1.807) is 0 Å². The molecule has 0 atom stereocenters. The maximum absolute atomic E-state index is 6.26. The molecule has 0 aliphatic heterocycles. The largest absolute Gasteiger partial charge is 0.679 e. The van der Waals surface area contributed by atoms with Crippen LogP contribution in [0.4, 0.5) is 0 Å². The molecule has 0 radical (unpaired) electrons. The van der Waals surface area contributed by atoms with Gasteiger partial charge in [0.15, 0.2) is 0 Å². The standard InChI is InChI=1S/C2H6N2.2CH3.Pd/c3-1-2-4;;;/h3-4H,1-2H2;2*1H3;/q-2;2*-1;. The minimum absolute atomic E-state index is 0. The summed E-state index contributed by atoms with van der Waals surface area (Å²) in [4.78, 5) is 0. The minimum Gasteiger partial charge on any atom is -0.679 e. The Hall–Kier alpha value is 0.582. The second-order valence-corrected chi connectivity index (χ2v) is 0.500. The third kappa shape index (κ3) is 55.2. The first-order valence-corrected chi connectivity index (χ1v) is 1.21. The zero-order chi connectivity index (χ0) is 3.41. The Balaban J connectivity index is -0.0000000150.